The predicted octanol–water partition coefficient (Wildman–Crippen LogP) is 5.03. The second kappa shape index (κ2) is 10.7. The molecule has 3 atom stereocenters. The number of para-hydroxylation sites is 1. The summed E-state index contributed by atoms with van der Waals surface area (Å²) in [6.45, 7) is 2.80. The number of fused-ring (bicyclic) bond motifs is 4. The molecule has 234 valence electrons. The average molecular weight is 609 g/mol. The Morgan fingerprint density at radius 1 is 1.07 bits per heavy atom. The Kier molecular flexibility index (Phi) is 6.67. The van der Waals surface area contributed by atoms with Gasteiger partial charge in [-0.05, 0) is 67.7 Å². The lowest BCUT2D eigenvalue weighted by Gasteiger charge is -2.27. The largest absolute Gasteiger partial charge is 0.494 e. The van der Waals surface area contributed by atoms with Crippen LogP contribution in [0, 0.1) is 11.8 Å². The third kappa shape index (κ3) is 4.52. The maximum Gasteiger partial charge on any atom is 0.409 e. The lowest BCUT2D eigenvalue weighted by molar-refractivity contribution is 0.0700. The van der Waals surface area contributed by atoms with E-state index < -0.39 is 0 Å². The number of carbonyl (C=O) groups excluding carboxylic acids is 2. The van der Waals surface area contributed by atoms with Gasteiger partial charge in [-0.25, -0.2) is 9.78 Å². The van der Waals surface area contributed by atoms with Crippen molar-refractivity contribution in [3.05, 3.63) is 53.6 Å². The Morgan fingerprint density at radius 3 is 2.58 bits per heavy atom. The first-order valence-electron chi connectivity index (χ1n) is 16.1. The van der Waals surface area contributed by atoms with E-state index in [-0.39, 0.29) is 24.1 Å². The van der Waals surface area contributed by atoms with E-state index in [1.807, 2.05) is 24.1 Å². The average Bonchev–Trinajstić information content (AvgIpc) is 3.45. The fraction of sp³-hybridized carbons (Fsp3) is 0.457. The van der Waals surface area contributed by atoms with Crippen molar-refractivity contribution in [2.45, 2.75) is 50.7 Å². The van der Waals surface area contributed by atoms with Gasteiger partial charge in [0.2, 0.25) is 0 Å². The third-order valence-electron chi connectivity index (χ3n) is 10.6. The number of aryl methyl sites for hydroxylation is 1. The van der Waals surface area contributed by atoms with Crippen molar-refractivity contribution in [1.82, 2.24) is 23.9 Å². The number of benzene rings is 2. The zero-order valence-corrected chi connectivity index (χ0v) is 26.2. The maximum absolute atomic E-state index is 13.8. The highest BCUT2D eigenvalue weighted by Gasteiger charge is 2.47. The lowest BCUT2D eigenvalue weighted by atomic mass is 9.97. The summed E-state index contributed by atoms with van der Waals surface area (Å²) in [7, 11) is 5.11. The van der Waals surface area contributed by atoms with Gasteiger partial charge in [0.05, 0.1) is 30.9 Å². The smallest absolute Gasteiger partial charge is 0.409 e. The molecule has 4 aliphatic rings. The van der Waals surface area contributed by atoms with Gasteiger partial charge >= 0.3 is 6.09 Å². The SMILES string of the molecule is COC(=O)N1CC=C(c2cccc3cc(-c4nc5cc(C(=O)N6C[C@H]7CC[C@@H]6C7N)cc(OC)c5n4C)n(CC4CC4)c23)CC1. The number of carbonyl (C=O) groups is 2. The molecule has 4 aromatic rings. The number of hydrogen-bond donors (Lipinski definition) is 1. The van der Waals surface area contributed by atoms with Gasteiger partial charge in [-0.15, -0.1) is 0 Å². The number of aromatic nitrogens is 3. The lowest BCUT2D eigenvalue weighted by Crippen LogP contribution is -2.41. The van der Waals surface area contributed by atoms with Crippen LogP contribution in [-0.2, 0) is 18.3 Å². The van der Waals surface area contributed by atoms with Crippen LogP contribution < -0.4 is 10.5 Å². The van der Waals surface area contributed by atoms with Crippen molar-refractivity contribution in [3.63, 3.8) is 0 Å². The Labute approximate surface area is 262 Å². The molecule has 2 aliphatic heterocycles. The second-order valence-corrected chi connectivity index (χ2v) is 13.2. The van der Waals surface area contributed by atoms with E-state index in [0.29, 0.717) is 36.2 Å². The van der Waals surface area contributed by atoms with Crippen LogP contribution in [0.5, 0.6) is 5.75 Å². The van der Waals surface area contributed by atoms with Gasteiger partial charge in [-0.1, -0.05) is 24.3 Å². The molecule has 4 heterocycles. The molecule has 2 bridgehead atoms. The quantitative estimate of drug-likeness (QED) is 0.329. The van der Waals surface area contributed by atoms with E-state index in [0.717, 1.165) is 60.3 Å². The van der Waals surface area contributed by atoms with E-state index in [9.17, 15) is 9.59 Å². The molecule has 0 spiro atoms. The molecule has 2 amide bonds. The minimum absolute atomic E-state index is 0.00376. The number of nitrogens with zero attached hydrogens (tertiary/aromatic N) is 5. The van der Waals surface area contributed by atoms with Crippen molar-refractivity contribution >= 4 is 39.5 Å². The Balaban J connectivity index is 1.23. The molecule has 3 fully saturated rings. The van der Waals surface area contributed by atoms with Crippen molar-refractivity contribution in [2.75, 3.05) is 33.9 Å². The minimum atomic E-state index is -0.290. The number of imidazole rings is 1. The molecule has 2 saturated carbocycles. The first kappa shape index (κ1) is 28.2. The van der Waals surface area contributed by atoms with Crippen LogP contribution in [0.15, 0.2) is 42.5 Å². The first-order chi connectivity index (χ1) is 21.9. The normalized spacial score (nSPS) is 22.8. The highest BCUT2D eigenvalue weighted by molar-refractivity contribution is 6.01. The monoisotopic (exact) mass is 608 g/mol. The molecule has 45 heavy (non-hydrogen) atoms. The van der Waals surface area contributed by atoms with Crippen LogP contribution in [0.3, 0.4) is 0 Å². The van der Waals surface area contributed by atoms with E-state index >= 15 is 0 Å². The molecular weight excluding hydrogens is 568 g/mol. The highest BCUT2D eigenvalue weighted by Crippen LogP contribution is 2.41. The van der Waals surface area contributed by atoms with Crippen molar-refractivity contribution < 1.29 is 19.1 Å². The fourth-order valence-electron chi connectivity index (χ4n) is 7.99. The summed E-state index contributed by atoms with van der Waals surface area (Å²) in [5, 5.41) is 1.16. The van der Waals surface area contributed by atoms with Crippen LogP contribution in [-0.4, -0.2) is 81.9 Å². The molecule has 10 nitrogen and oxygen atoms in total. The molecule has 2 aromatic heterocycles. The summed E-state index contributed by atoms with van der Waals surface area (Å²) >= 11 is 0. The number of amides is 2. The minimum Gasteiger partial charge on any atom is -0.494 e. The second-order valence-electron chi connectivity index (χ2n) is 13.2. The summed E-state index contributed by atoms with van der Waals surface area (Å²) < 4.78 is 15.4. The number of piperidine rings is 1. The molecule has 2 N–H and O–H groups in total. The van der Waals surface area contributed by atoms with Gasteiger partial charge in [0.1, 0.15) is 11.3 Å². The molecular formula is C35H40N6O4. The van der Waals surface area contributed by atoms with Crippen LogP contribution >= 0.6 is 0 Å². The van der Waals surface area contributed by atoms with E-state index in [1.54, 1.807) is 12.0 Å². The van der Waals surface area contributed by atoms with Crippen LogP contribution in [0.25, 0.3) is 39.0 Å². The Morgan fingerprint density at radius 2 is 1.91 bits per heavy atom. The maximum atomic E-state index is 13.8. The fourth-order valence-corrected chi connectivity index (χ4v) is 7.99. The summed E-state index contributed by atoms with van der Waals surface area (Å²) in [6.07, 6.45) is 7.15. The van der Waals surface area contributed by atoms with Gasteiger partial charge in [0.25, 0.3) is 5.91 Å². The van der Waals surface area contributed by atoms with Crippen molar-refractivity contribution in [3.8, 4) is 17.3 Å². The van der Waals surface area contributed by atoms with E-state index in [4.69, 9.17) is 20.2 Å². The van der Waals surface area contributed by atoms with Gasteiger partial charge in [0, 0.05) is 61.8 Å². The number of hydrogen-bond acceptors (Lipinski definition) is 6. The molecule has 1 unspecified atom stereocenters. The van der Waals surface area contributed by atoms with Gasteiger partial charge in [0.15, 0.2) is 5.82 Å². The zero-order chi connectivity index (χ0) is 31.0. The van der Waals surface area contributed by atoms with E-state index in [2.05, 4.69) is 39.5 Å². The molecule has 1 saturated heterocycles. The number of nitrogens with two attached hydrogens (primary N) is 1. The molecule has 10 heteroatoms. The zero-order valence-electron chi connectivity index (χ0n) is 26.2. The molecule has 8 rings (SSSR count). The number of methoxy groups -OCH3 is 2. The Bertz CT molecular complexity index is 1880. The van der Waals surface area contributed by atoms with Gasteiger partial charge in [-0.2, -0.15) is 0 Å². The Hall–Kier alpha value is -4.31. The van der Waals surface area contributed by atoms with Gasteiger partial charge in [-0.3, -0.25) is 4.79 Å². The number of likely N-dealkylation sites (tertiary alicyclic amines) is 1. The first-order valence-corrected chi connectivity index (χ1v) is 16.1. The molecule has 2 aromatic carbocycles. The van der Waals surface area contributed by atoms with E-state index in [1.165, 1.54) is 36.6 Å². The van der Waals surface area contributed by atoms with Crippen LogP contribution in [0.1, 0.15) is 48.0 Å². The van der Waals surface area contributed by atoms with Crippen molar-refractivity contribution in [2.24, 2.45) is 24.6 Å². The third-order valence-corrected chi connectivity index (χ3v) is 10.6. The summed E-state index contributed by atoms with van der Waals surface area (Å²) in [4.78, 5) is 34.7. The number of rotatable bonds is 6. The summed E-state index contributed by atoms with van der Waals surface area (Å²) in [5.74, 6) is 2.51. The topological polar surface area (TPSA) is 108 Å². The number of ether oxygens (including phenoxy) is 2. The predicted molar refractivity (Wildman–Crippen MR) is 173 cm³/mol. The molecule has 0 radical (unpaired) electrons. The highest BCUT2D eigenvalue weighted by atomic mass is 16.5. The van der Waals surface area contributed by atoms with Gasteiger partial charge < -0.3 is 34.1 Å². The summed E-state index contributed by atoms with van der Waals surface area (Å²) in [5.41, 5.74) is 13.3. The van der Waals surface area contributed by atoms with Crippen LogP contribution in [0.4, 0.5) is 4.79 Å². The summed E-state index contributed by atoms with van der Waals surface area (Å²) in [6, 6.07) is 12.7. The molecule has 2 aliphatic carbocycles. The standard InChI is InChI=1S/C35H40N6O4/c1-38-32-26(15-24(17-29(32)44-2)34(42)41-19-23-9-10-27(41)30(23)36)37-33(38)28-16-22-5-4-6-25(31(22)40(28)18-20-7-8-20)21-11-13-39(14-12-21)35(43)45-3/h4-6,11,15-17,20,23,27,30H,7-10,12-14,18-19,36H2,1-3H3/t23-,27-,30?/m1/s1. The van der Waals surface area contributed by atoms with Crippen molar-refractivity contribution in [1.29, 1.82) is 0 Å². The van der Waals surface area contributed by atoms with Crippen LogP contribution in [0.2, 0.25) is 0 Å².